The Bertz CT molecular complexity index is 879. The summed E-state index contributed by atoms with van der Waals surface area (Å²) in [7, 11) is 0. The minimum atomic E-state index is -0.634. The SMILES string of the molecule is CC(C)OC[C@H](O)CN(Cc1c(-c2ccc(F)cc2)noc1N1CCOCC1)C[C@@H]1CCCO1. The molecule has 0 unspecified atom stereocenters. The van der Waals surface area contributed by atoms with Crippen molar-refractivity contribution >= 4 is 5.88 Å². The summed E-state index contributed by atoms with van der Waals surface area (Å²) in [5.41, 5.74) is 2.40. The van der Waals surface area contributed by atoms with Crippen LogP contribution in [-0.2, 0) is 20.8 Å². The summed E-state index contributed by atoms with van der Waals surface area (Å²) in [6.07, 6.45) is 1.59. The molecular weight excluding hydrogens is 441 g/mol. The molecule has 9 heteroatoms. The van der Waals surface area contributed by atoms with Crippen LogP contribution in [0, 0.1) is 5.82 Å². The van der Waals surface area contributed by atoms with Gasteiger partial charge in [-0.15, -0.1) is 0 Å². The van der Waals surface area contributed by atoms with E-state index in [0.717, 1.165) is 30.6 Å². The van der Waals surface area contributed by atoms with Crippen molar-refractivity contribution in [1.29, 1.82) is 0 Å². The summed E-state index contributed by atoms with van der Waals surface area (Å²) in [5, 5.41) is 15.1. The molecule has 2 aromatic rings. The molecule has 4 rings (SSSR count). The molecule has 2 saturated heterocycles. The number of aromatic nitrogens is 1. The van der Waals surface area contributed by atoms with Crippen molar-refractivity contribution in [2.75, 3.05) is 57.5 Å². The van der Waals surface area contributed by atoms with Gasteiger partial charge in [0.25, 0.3) is 0 Å². The smallest absolute Gasteiger partial charge is 0.232 e. The number of hydrogen-bond acceptors (Lipinski definition) is 8. The summed E-state index contributed by atoms with van der Waals surface area (Å²) in [4.78, 5) is 4.33. The minimum Gasteiger partial charge on any atom is -0.389 e. The van der Waals surface area contributed by atoms with Gasteiger partial charge >= 0.3 is 0 Å². The first-order valence-electron chi connectivity index (χ1n) is 12.2. The number of aliphatic hydroxyl groups is 1. The van der Waals surface area contributed by atoms with Crippen LogP contribution in [0.4, 0.5) is 10.3 Å². The van der Waals surface area contributed by atoms with Gasteiger partial charge in [-0.05, 0) is 51.0 Å². The number of benzene rings is 1. The summed E-state index contributed by atoms with van der Waals surface area (Å²) >= 11 is 0. The molecule has 1 N–H and O–H groups in total. The van der Waals surface area contributed by atoms with Crippen molar-refractivity contribution in [2.45, 2.75) is 51.5 Å². The van der Waals surface area contributed by atoms with Crippen molar-refractivity contribution in [3.05, 3.63) is 35.6 Å². The van der Waals surface area contributed by atoms with Crippen LogP contribution in [0.1, 0.15) is 32.3 Å². The lowest BCUT2D eigenvalue weighted by Crippen LogP contribution is -2.40. The van der Waals surface area contributed by atoms with Gasteiger partial charge in [0.15, 0.2) is 0 Å². The van der Waals surface area contributed by atoms with Gasteiger partial charge < -0.3 is 28.7 Å². The fourth-order valence-electron chi connectivity index (χ4n) is 4.45. The van der Waals surface area contributed by atoms with Gasteiger partial charge in [-0.25, -0.2) is 4.39 Å². The van der Waals surface area contributed by atoms with Crippen molar-refractivity contribution in [1.82, 2.24) is 10.1 Å². The first kappa shape index (κ1) is 25.1. The Morgan fingerprint density at radius 2 is 1.97 bits per heavy atom. The van der Waals surface area contributed by atoms with Crippen molar-refractivity contribution < 1.29 is 28.2 Å². The van der Waals surface area contributed by atoms with Gasteiger partial charge in [-0.3, -0.25) is 4.90 Å². The van der Waals surface area contributed by atoms with Crippen LogP contribution < -0.4 is 4.90 Å². The number of halogens is 1. The Morgan fingerprint density at radius 3 is 2.65 bits per heavy atom. The molecule has 0 bridgehead atoms. The third-order valence-corrected chi connectivity index (χ3v) is 6.14. The minimum absolute atomic E-state index is 0.0531. The van der Waals surface area contributed by atoms with Gasteiger partial charge in [-0.2, -0.15) is 0 Å². The van der Waals surface area contributed by atoms with Gasteiger partial charge in [0.05, 0.1) is 43.7 Å². The highest BCUT2D eigenvalue weighted by molar-refractivity contribution is 5.68. The average molecular weight is 478 g/mol. The fraction of sp³-hybridized carbons (Fsp3) is 0.640. The van der Waals surface area contributed by atoms with E-state index in [0.29, 0.717) is 57.5 Å². The van der Waals surface area contributed by atoms with Gasteiger partial charge in [-0.1, -0.05) is 5.16 Å². The second-order valence-corrected chi connectivity index (χ2v) is 9.29. The quantitative estimate of drug-likeness (QED) is 0.529. The van der Waals surface area contributed by atoms with E-state index >= 15 is 0 Å². The number of rotatable bonds is 11. The Morgan fingerprint density at radius 1 is 1.21 bits per heavy atom. The molecule has 0 radical (unpaired) electrons. The molecule has 2 aliphatic heterocycles. The fourth-order valence-corrected chi connectivity index (χ4v) is 4.45. The lowest BCUT2D eigenvalue weighted by atomic mass is 10.1. The molecule has 188 valence electrons. The molecule has 1 aromatic heterocycles. The standard InChI is InChI=1S/C25H36FN3O5/c1-18(2)33-17-21(30)14-28(15-22-4-3-11-32-22)16-23-24(19-5-7-20(26)8-6-19)27-34-25(23)29-9-12-31-13-10-29/h5-8,18,21-22,30H,3-4,9-17H2,1-2H3/t21-,22+/m1/s1. The van der Waals surface area contributed by atoms with Crippen molar-refractivity contribution in [3.63, 3.8) is 0 Å². The summed E-state index contributed by atoms with van der Waals surface area (Å²) in [5.74, 6) is 0.406. The Labute approximate surface area is 200 Å². The Kier molecular flexibility index (Phi) is 8.91. The Hall–Kier alpha value is -2.04. The number of anilines is 1. The molecule has 3 heterocycles. The zero-order valence-electron chi connectivity index (χ0n) is 20.1. The number of morpholine rings is 1. The average Bonchev–Trinajstić information content (AvgIpc) is 3.49. The van der Waals surface area contributed by atoms with Crippen LogP contribution in [0.3, 0.4) is 0 Å². The molecule has 34 heavy (non-hydrogen) atoms. The number of ether oxygens (including phenoxy) is 3. The molecule has 0 spiro atoms. The highest BCUT2D eigenvalue weighted by atomic mass is 19.1. The summed E-state index contributed by atoms with van der Waals surface area (Å²) in [6.45, 7) is 9.25. The van der Waals surface area contributed by atoms with Gasteiger partial charge in [0.2, 0.25) is 5.88 Å². The van der Waals surface area contributed by atoms with E-state index in [9.17, 15) is 9.50 Å². The predicted octanol–water partition coefficient (Wildman–Crippen LogP) is 3.08. The second-order valence-electron chi connectivity index (χ2n) is 9.29. The first-order chi connectivity index (χ1) is 16.5. The highest BCUT2D eigenvalue weighted by Crippen LogP contribution is 2.33. The van der Waals surface area contributed by atoms with Crippen LogP contribution >= 0.6 is 0 Å². The monoisotopic (exact) mass is 477 g/mol. The van der Waals surface area contributed by atoms with Crippen LogP contribution in [0.2, 0.25) is 0 Å². The third kappa shape index (κ3) is 6.76. The first-order valence-corrected chi connectivity index (χ1v) is 12.2. The summed E-state index contributed by atoms with van der Waals surface area (Å²) in [6, 6.07) is 6.30. The van der Waals surface area contributed by atoms with E-state index in [1.54, 1.807) is 12.1 Å². The molecule has 8 nitrogen and oxygen atoms in total. The third-order valence-electron chi connectivity index (χ3n) is 6.14. The number of aliphatic hydroxyl groups excluding tert-OH is 1. The van der Waals surface area contributed by atoms with Crippen LogP contribution in [0.15, 0.2) is 28.8 Å². The van der Waals surface area contributed by atoms with Crippen LogP contribution in [-0.4, -0.2) is 86.1 Å². The maximum atomic E-state index is 13.6. The topological polar surface area (TPSA) is 80.4 Å². The largest absolute Gasteiger partial charge is 0.389 e. The maximum Gasteiger partial charge on any atom is 0.232 e. The zero-order chi connectivity index (χ0) is 23.9. The van der Waals surface area contributed by atoms with E-state index in [4.69, 9.17) is 18.7 Å². The lowest BCUT2D eigenvalue weighted by Gasteiger charge is -2.30. The predicted molar refractivity (Wildman–Crippen MR) is 126 cm³/mol. The molecule has 0 saturated carbocycles. The molecule has 2 fully saturated rings. The maximum absolute atomic E-state index is 13.6. The number of hydrogen-bond donors (Lipinski definition) is 1. The van der Waals surface area contributed by atoms with Crippen molar-refractivity contribution in [3.8, 4) is 11.3 Å². The van der Waals surface area contributed by atoms with Crippen molar-refractivity contribution in [2.24, 2.45) is 0 Å². The van der Waals surface area contributed by atoms with E-state index in [2.05, 4.69) is 15.0 Å². The zero-order valence-corrected chi connectivity index (χ0v) is 20.1. The van der Waals surface area contributed by atoms with E-state index < -0.39 is 6.10 Å². The normalized spacial score (nSPS) is 19.9. The van der Waals surface area contributed by atoms with Gasteiger partial charge in [0.1, 0.15) is 11.5 Å². The Balaban J connectivity index is 1.60. The van der Waals surface area contributed by atoms with Gasteiger partial charge in [0, 0.05) is 44.9 Å². The van der Waals surface area contributed by atoms with E-state index in [1.165, 1.54) is 12.1 Å². The molecule has 0 amide bonds. The second kappa shape index (κ2) is 12.1. The van der Waals surface area contributed by atoms with Crippen LogP contribution in [0.5, 0.6) is 0 Å². The highest BCUT2D eigenvalue weighted by Gasteiger charge is 2.28. The molecule has 2 atom stereocenters. The van der Waals surface area contributed by atoms with E-state index in [-0.39, 0.29) is 24.6 Å². The lowest BCUT2D eigenvalue weighted by molar-refractivity contribution is -0.0172. The molecule has 2 aliphatic rings. The van der Waals surface area contributed by atoms with Crippen LogP contribution in [0.25, 0.3) is 11.3 Å². The molecule has 1 aromatic carbocycles. The number of nitrogens with zero attached hydrogens (tertiary/aromatic N) is 3. The molecular formula is C25H36FN3O5. The molecule has 0 aliphatic carbocycles. The van der Waals surface area contributed by atoms with E-state index in [1.807, 2.05) is 13.8 Å². The summed E-state index contributed by atoms with van der Waals surface area (Å²) < 4.78 is 36.5.